The van der Waals surface area contributed by atoms with E-state index in [1.54, 1.807) is 12.7 Å². The van der Waals surface area contributed by atoms with E-state index in [4.69, 9.17) is 14.2 Å². The van der Waals surface area contributed by atoms with Crippen molar-refractivity contribution in [3.05, 3.63) is 82.6 Å². The second kappa shape index (κ2) is 5.27. The first-order valence-corrected chi connectivity index (χ1v) is 10.7. The molecule has 29 heavy (non-hydrogen) atoms. The zero-order valence-corrected chi connectivity index (χ0v) is 16.6. The Hall–Kier alpha value is -2.68. The van der Waals surface area contributed by atoms with Gasteiger partial charge in [-0.15, -0.1) is 0 Å². The summed E-state index contributed by atoms with van der Waals surface area (Å²) in [7, 11) is 1.77. The van der Waals surface area contributed by atoms with Crippen LogP contribution >= 0.6 is 0 Å². The molecule has 0 amide bonds. The zero-order chi connectivity index (χ0) is 19.2. The van der Waals surface area contributed by atoms with Crippen LogP contribution in [0.25, 0.3) is 0 Å². The standard InChI is InChI=1S/C26H24O3/c1-27-20-9-10-21-25-13-17-7-8-19(28-15-16-5-3-2-4-6-16)23-22(17)26(21,24(20)29-23)12-11-18(25)14-25/h2-10,18,24H,11-15H2,1H3/t18?,24-,25?,26-/m0/s1. The SMILES string of the molecule is COC1=CC=C2C34Cc5ccc(OCc6ccccc6)c6c5[C@@]2(CCC3C4)[C@H]1O6. The number of allylic oxidation sites excluding steroid dienone is 2. The van der Waals surface area contributed by atoms with Gasteiger partial charge in [-0.05, 0) is 65.9 Å². The van der Waals surface area contributed by atoms with Crippen molar-refractivity contribution in [3.8, 4) is 11.5 Å². The molecule has 146 valence electrons. The van der Waals surface area contributed by atoms with Gasteiger partial charge >= 0.3 is 0 Å². The molecule has 0 N–H and O–H groups in total. The van der Waals surface area contributed by atoms with Gasteiger partial charge in [0.05, 0.1) is 12.5 Å². The fraction of sp³-hybridized carbons (Fsp3) is 0.385. The maximum absolute atomic E-state index is 6.71. The number of hydrogen-bond acceptors (Lipinski definition) is 3. The van der Waals surface area contributed by atoms with E-state index in [0.29, 0.717) is 12.0 Å². The van der Waals surface area contributed by atoms with E-state index >= 15 is 0 Å². The summed E-state index contributed by atoms with van der Waals surface area (Å²) < 4.78 is 18.8. The average Bonchev–Trinajstić information content (AvgIpc) is 3.34. The quantitative estimate of drug-likeness (QED) is 0.735. The van der Waals surface area contributed by atoms with E-state index in [1.165, 1.54) is 29.5 Å². The van der Waals surface area contributed by atoms with Crippen molar-refractivity contribution >= 4 is 0 Å². The maximum Gasteiger partial charge on any atom is 0.169 e. The highest BCUT2D eigenvalue weighted by atomic mass is 16.6. The summed E-state index contributed by atoms with van der Waals surface area (Å²) in [6.45, 7) is 0.551. The molecular weight excluding hydrogens is 360 g/mol. The van der Waals surface area contributed by atoms with Gasteiger partial charge in [0.25, 0.3) is 0 Å². The Kier molecular flexibility index (Phi) is 2.93. The maximum atomic E-state index is 6.71. The van der Waals surface area contributed by atoms with Gasteiger partial charge in [0.15, 0.2) is 17.6 Å². The van der Waals surface area contributed by atoms with Crippen molar-refractivity contribution in [2.24, 2.45) is 11.3 Å². The van der Waals surface area contributed by atoms with Crippen LogP contribution in [0, 0.1) is 11.3 Å². The summed E-state index contributed by atoms with van der Waals surface area (Å²) in [6, 6.07) is 14.8. The van der Waals surface area contributed by atoms with E-state index in [1.807, 2.05) is 6.07 Å². The molecule has 2 saturated carbocycles. The topological polar surface area (TPSA) is 27.7 Å². The van der Waals surface area contributed by atoms with Crippen LogP contribution in [0.2, 0.25) is 0 Å². The van der Waals surface area contributed by atoms with Crippen LogP contribution in [0.15, 0.2) is 65.9 Å². The predicted molar refractivity (Wildman–Crippen MR) is 110 cm³/mol. The molecule has 2 fully saturated rings. The van der Waals surface area contributed by atoms with E-state index < -0.39 is 0 Å². The molecule has 0 saturated heterocycles. The lowest BCUT2D eigenvalue weighted by atomic mass is 9.53. The van der Waals surface area contributed by atoms with Crippen molar-refractivity contribution in [1.29, 1.82) is 0 Å². The lowest BCUT2D eigenvalue weighted by Crippen LogP contribution is -2.50. The Morgan fingerprint density at radius 2 is 2.00 bits per heavy atom. The van der Waals surface area contributed by atoms with E-state index in [9.17, 15) is 0 Å². The van der Waals surface area contributed by atoms with Gasteiger partial charge in [-0.3, -0.25) is 0 Å². The Balaban J connectivity index is 1.38. The fourth-order valence-corrected chi connectivity index (χ4v) is 6.85. The van der Waals surface area contributed by atoms with Gasteiger partial charge in [-0.2, -0.15) is 0 Å². The lowest BCUT2D eigenvalue weighted by molar-refractivity contribution is 0.0924. The molecule has 5 aliphatic rings. The Bertz CT molecular complexity index is 1100. The van der Waals surface area contributed by atoms with E-state index in [0.717, 1.165) is 36.0 Å². The molecule has 2 unspecified atom stereocenters. The molecule has 2 spiro atoms. The third-order valence-corrected chi connectivity index (χ3v) is 8.12. The molecule has 4 atom stereocenters. The molecule has 3 nitrogen and oxygen atoms in total. The molecule has 1 heterocycles. The highest BCUT2D eigenvalue weighted by Crippen LogP contribution is 2.77. The molecule has 2 aromatic carbocycles. The van der Waals surface area contributed by atoms with Gasteiger partial charge in [0.2, 0.25) is 0 Å². The molecule has 4 aliphatic carbocycles. The Morgan fingerprint density at radius 1 is 1.10 bits per heavy atom. The third-order valence-electron chi connectivity index (χ3n) is 8.12. The fourth-order valence-electron chi connectivity index (χ4n) is 6.85. The van der Waals surface area contributed by atoms with Crippen LogP contribution < -0.4 is 9.47 Å². The number of hydrogen-bond donors (Lipinski definition) is 0. The highest BCUT2D eigenvalue weighted by molar-refractivity contribution is 5.69. The largest absolute Gasteiger partial charge is 0.497 e. The molecule has 1 aliphatic heterocycles. The summed E-state index contributed by atoms with van der Waals surface area (Å²) in [5, 5.41) is 0. The first kappa shape index (κ1) is 16.2. The molecule has 0 aromatic heterocycles. The van der Waals surface area contributed by atoms with Crippen molar-refractivity contribution in [1.82, 2.24) is 0 Å². The molecule has 3 heteroatoms. The van der Waals surface area contributed by atoms with Crippen LogP contribution in [0.3, 0.4) is 0 Å². The second-order valence-corrected chi connectivity index (χ2v) is 9.30. The summed E-state index contributed by atoms with van der Waals surface area (Å²) in [4.78, 5) is 0. The monoisotopic (exact) mass is 384 g/mol. The molecule has 2 aromatic rings. The van der Waals surface area contributed by atoms with Crippen LogP contribution in [-0.2, 0) is 23.2 Å². The summed E-state index contributed by atoms with van der Waals surface area (Å²) in [5.41, 5.74) is 5.95. The molecular formula is C26H24O3. The molecule has 0 radical (unpaired) electrons. The summed E-state index contributed by atoms with van der Waals surface area (Å²) in [5.74, 6) is 3.61. The minimum atomic E-state index is -0.0542. The lowest BCUT2D eigenvalue weighted by Gasteiger charge is -2.49. The number of rotatable bonds is 4. The summed E-state index contributed by atoms with van der Waals surface area (Å²) in [6.07, 6.45) is 9.40. The van der Waals surface area contributed by atoms with Crippen LogP contribution in [0.5, 0.6) is 11.5 Å². The van der Waals surface area contributed by atoms with Crippen LogP contribution in [0.1, 0.15) is 36.0 Å². The van der Waals surface area contributed by atoms with Crippen LogP contribution in [0.4, 0.5) is 0 Å². The predicted octanol–water partition coefficient (Wildman–Crippen LogP) is 5.09. The van der Waals surface area contributed by atoms with E-state index in [2.05, 4.69) is 48.6 Å². The first-order valence-electron chi connectivity index (χ1n) is 10.7. The van der Waals surface area contributed by atoms with Crippen LogP contribution in [-0.4, -0.2) is 13.2 Å². The Labute approximate surface area is 171 Å². The minimum Gasteiger partial charge on any atom is -0.497 e. The third kappa shape index (κ3) is 1.85. The Morgan fingerprint density at radius 3 is 2.86 bits per heavy atom. The normalized spacial score (nSPS) is 34.2. The number of methoxy groups -OCH3 is 1. The number of ether oxygens (including phenoxy) is 3. The second-order valence-electron chi connectivity index (χ2n) is 9.30. The zero-order valence-electron chi connectivity index (χ0n) is 16.6. The highest BCUT2D eigenvalue weighted by Gasteiger charge is 2.72. The average molecular weight is 384 g/mol. The molecule has 2 bridgehead atoms. The first-order chi connectivity index (χ1) is 14.3. The van der Waals surface area contributed by atoms with Crippen molar-refractivity contribution in [2.75, 3.05) is 7.11 Å². The van der Waals surface area contributed by atoms with Crippen molar-refractivity contribution < 1.29 is 14.2 Å². The van der Waals surface area contributed by atoms with Crippen molar-refractivity contribution in [2.45, 2.75) is 43.8 Å². The van der Waals surface area contributed by atoms with Gasteiger partial charge < -0.3 is 14.2 Å². The van der Waals surface area contributed by atoms with Crippen molar-refractivity contribution in [3.63, 3.8) is 0 Å². The van der Waals surface area contributed by atoms with E-state index in [-0.39, 0.29) is 11.5 Å². The minimum absolute atomic E-state index is 0.0534. The van der Waals surface area contributed by atoms with Gasteiger partial charge in [0.1, 0.15) is 12.4 Å². The molecule has 7 rings (SSSR count). The van der Waals surface area contributed by atoms with Gasteiger partial charge in [-0.25, -0.2) is 0 Å². The summed E-state index contributed by atoms with van der Waals surface area (Å²) >= 11 is 0. The number of benzene rings is 2. The van der Waals surface area contributed by atoms with Gasteiger partial charge in [-0.1, -0.05) is 42.5 Å². The smallest absolute Gasteiger partial charge is 0.169 e. The van der Waals surface area contributed by atoms with Gasteiger partial charge in [0, 0.05) is 5.56 Å².